The van der Waals surface area contributed by atoms with Crippen LogP contribution in [0, 0.1) is 0 Å². The fourth-order valence-electron chi connectivity index (χ4n) is 1.37. The van der Waals surface area contributed by atoms with Crippen molar-refractivity contribution in [3.63, 3.8) is 0 Å². The summed E-state index contributed by atoms with van der Waals surface area (Å²) in [4.78, 5) is 0. The van der Waals surface area contributed by atoms with E-state index in [-0.39, 0.29) is 0 Å². The molecule has 2 heterocycles. The van der Waals surface area contributed by atoms with Crippen molar-refractivity contribution in [3.05, 3.63) is 45.0 Å². The highest BCUT2D eigenvalue weighted by Gasteiger charge is 2.09. The van der Waals surface area contributed by atoms with Gasteiger partial charge in [0.2, 0.25) is 0 Å². The molecule has 2 N–H and O–H groups in total. The van der Waals surface area contributed by atoms with Crippen molar-refractivity contribution in [1.82, 2.24) is 5.32 Å². The Balaban J connectivity index is 1.76. The molecule has 0 aliphatic rings. The van der Waals surface area contributed by atoms with E-state index in [2.05, 4.69) is 32.7 Å². The van der Waals surface area contributed by atoms with Gasteiger partial charge in [0.15, 0.2) is 0 Å². The van der Waals surface area contributed by atoms with Crippen molar-refractivity contribution in [3.8, 4) is 0 Å². The summed E-state index contributed by atoms with van der Waals surface area (Å²) < 4.78 is 6.23. The fourth-order valence-corrected chi connectivity index (χ4v) is 2.58. The van der Waals surface area contributed by atoms with Gasteiger partial charge in [-0.15, -0.1) is 11.3 Å². The van der Waals surface area contributed by atoms with Gasteiger partial charge in [-0.3, -0.25) is 0 Å². The van der Waals surface area contributed by atoms with Crippen molar-refractivity contribution in [2.45, 2.75) is 12.6 Å². The van der Waals surface area contributed by atoms with Crippen LogP contribution in [0.4, 0.5) is 0 Å². The van der Waals surface area contributed by atoms with Crippen LogP contribution in [0.3, 0.4) is 0 Å². The molecule has 0 radical (unpaired) electrons. The van der Waals surface area contributed by atoms with Crippen LogP contribution >= 0.6 is 27.3 Å². The Bertz CT molecular complexity index is 427. The first kappa shape index (κ1) is 11.9. The van der Waals surface area contributed by atoms with Crippen LogP contribution < -0.4 is 5.32 Å². The Hall–Kier alpha value is -0.620. The molecule has 16 heavy (non-hydrogen) atoms. The van der Waals surface area contributed by atoms with Crippen molar-refractivity contribution < 1.29 is 9.52 Å². The van der Waals surface area contributed by atoms with Gasteiger partial charge in [0, 0.05) is 13.1 Å². The SMILES string of the molecule is OC(CNCc1csc(Br)c1)c1ccco1. The highest BCUT2D eigenvalue weighted by molar-refractivity contribution is 9.11. The van der Waals surface area contributed by atoms with Crippen molar-refractivity contribution in [2.75, 3.05) is 6.54 Å². The zero-order chi connectivity index (χ0) is 11.4. The maximum absolute atomic E-state index is 9.73. The Labute approximate surface area is 106 Å². The number of halogens is 1. The second kappa shape index (κ2) is 5.63. The monoisotopic (exact) mass is 301 g/mol. The molecule has 0 saturated carbocycles. The predicted octanol–water partition coefficient (Wildman–Crippen LogP) is 2.93. The largest absolute Gasteiger partial charge is 0.467 e. The summed E-state index contributed by atoms with van der Waals surface area (Å²) in [7, 11) is 0. The van der Waals surface area contributed by atoms with Gasteiger partial charge < -0.3 is 14.8 Å². The maximum Gasteiger partial charge on any atom is 0.133 e. The second-order valence-corrected chi connectivity index (χ2v) is 5.71. The van der Waals surface area contributed by atoms with E-state index in [0.29, 0.717) is 12.3 Å². The second-order valence-electron chi connectivity index (χ2n) is 3.42. The van der Waals surface area contributed by atoms with E-state index in [4.69, 9.17) is 4.42 Å². The minimum atomic E-state index is -0.586. The number of thiophene rings is 1. The van der Waals surface area contributed by atoms with Gasteiger partial charge in [0.05, 0.1) is 10.0 Å². The van der Waals surface area contributed by atoms with E-state index in [0.717, 1.165) is 10.3 Å². The van der Waals surface area contributed by atoms with E-state index in [1.54, 1.807) is 29.7 Å². The molecule has 0 fully saturated rings. The summed E-state index contributed by atoms with van der Waals surface area (Å²) in [5.41, 5.74) is 1.21. The van der Waals surface area contributed by atoms with Crippen LogP contribution in [-0.2, 0) is 6.54 Å². The lowest BCUT2D eigenvalue weighted by molar-refractivity contribution is 0.147. The number of aliphatic hydroxyl groups excluding tert-OH is 1. The molecular weight excluding hydrogens is 290 g/mol. The molecule has 0 bridgehead atoms. The predicted molar refractivity (Wildman–Crippen MR) is 67.4 cm³/mol. The molecule has 0 aliphatic heterocycles. The summed E-state index contributed by atoms with van der Waals surface area (Å²) in [5, 5.41) is 15.0. The molecule has 2 rings (SSSR count). The first-order valence-corrected chi connectivity index (χ1v) is 6.58. The van der Waals surface area contributed by atoms with Gasteiger partial charge >= 0.3 is 0 Å². The summed E-state index contributed by atoms with van der Waals surface area (Å²) in [5.74, 6) is 0.596. The average Bonchev–Trinajstić information content (AvgIpc) is 2.89. The molecule has 0 spiro atoms. The Morgan fingerprint density at radius 2 is 2.44 bits per heavy atom. The van der Waals surface area contributed by atoms with Crippen LogP contribution in [0.15, 0.2) is 38.0 Å². The Kier molecular flexibility index (Phi) is 4.17. The van der Waals surface area contributed by atoms with Crippen LogP contribution in [0.1, 0.15) is 17.4 Å². The van der Waals surface area contributed by atoms with Gasteiger partial charge in [-0.25, -0.2) is 0 Å². The molecule has 2 aromatic rings. The van der Waals surface area contributed by atoms with E-state index >= 15 is 0 Å². The molecule has 0 aromatic carbocycles. The van der Waals surface area contributed by atoms with E-state index < -0.39 is 6.10 Å². The molecule has 2 aromatic heterocycles. The van der Waals surface area contributed by atoms with Crippen LogP contribution in [0.25, 0.3) is 0 Å². The summed E-state index contributed by atoms with van der Waals surface area (Å²) in [6.07, 6.45) is 0.978. The minimum Gasteiger partial charge on any atom is -0.467 e. The molecule has 0 amide bonds. The number of hydrogen-bond acceptors (Lipinski definition) is 4. The number of furan rings is 1. The van der Waals surface area contributed by atoms with E-state index in [9.17, 15) is 5.11 Å². The normalized spacial score (nSPS) is 12.9. The third kappa shape index (κ3) is 3.18. The van der Waals surface area contributed by atoms with Crippen molar-refractivity contribution in [1.29, 1.82) is 0 Å². The molecule has 3 nitrogen and oxygen atoms in total. The number of hydrogen-bond donors (Lipinski definition) is 2. The van der Waals surface area contributed by atoms with Crippen LogP contribution in [0.2, 0.25) is 0 Å². The first-order valence-electron chi connectivity index (χ1n) is 4.91. The average molecular weight is 302 g/mol. The third-order valence-electron chi connectivity index (χ3n) is 2.16. The number of rotatable bonds is 5. The molecular formula is C11H12BrNO2S. The van der Waals surface area contributed by atoms with E-state index in [1.807, 2.05) is 0 Å². The van der Waals surface area contributed by atoms with Gasteiger partial charge in [-0.1, -0.05) is 0 Å². The van der Waals surface area contributed by atoms with E-state index in [1.165, 1.54) is 5.56 Å². The van der Waals surface area contributed by atoms with Crippen LogP contribution in [-0.4, -0.2) is 11.7 Å². The van der Waals surface area contributed by atoms with Crippen molar-refractivity contribution >= 4 is 27.3 Å². The summed E-state index contributed by atoms with van der Waals surface area (Å²) in [6, 6.07) is 5.61. The molecule has 0 aliphatic carbocycles. The highest BCUT2D eigenvalue weighted by atomic mass is 79.9. The quantitative estimate of drug-likeness (QED) is 0.892. The zero-order valence-electron chi connectivity index (χ0n) is 8.52. The molecule has 1 unspecified atom stereocenters. The molecule has 86 valence electrons. The number of nitrogens with one attached hydrogen (secondary N) is 1. The zero-order valence-corrected chi connectivity index (χ0v) is 10.9. The minimum absolute atomic E-state index is 0.487. The number of aliphatic hydroxyl groups is 1. The van der Waals surface area contributed by atoms with Gasteiger partial charge in [-0.2, -0.15) is 0 Å². The molecule has 0 saturated heterocycles. The maximum atomic E-state index is 9.73. The Morgan fingerprint density at radius 3 is 3.06 bits per heavy atom. The third-order valence-corrected chi connectivity index (χ3v) is 3.71. The lowest BCUT2D eigenvalue weighted by Gasteiger charge is -2.08. The first-order chi connectivity index (χ1) is 7.75. The Morgan fingerprint density at radius 1 is 1.56 bits per heavy atom. The summed E-state index contributed by atoms with van der Waals surface area (Å²) >= 11 is 5.07. The topological polar surface area (TPSA) is 45.4 Å². The molecule has 5 heteroatoms. The molecule has 1 atom stereocenters. The van der Waals surface area contributed by atoms with Gasteiger partial charge in [-0.05, 0) is 45.1 Å². The van der Waals surface area contributed by atoms with Crippen LogP contribution in [0.5, 0.6) is 0 Å². The lowest BCUT2D eigenvalue weighted by atomic mass is 10.2. The van der Waals surface area contributed by atoms with Gasteiger partial charge in [0.25, 0.3) is 0 Å². The van der Waals surface area contributed by atoms with Crippen molar-refractivity contribution in [2.24, 2.45) is 0 Å². The van der Waals surface area contributed by atoms with Gasteiger partial charge in [0.1, 0.15) is 11.9 Å². The highest BCUT2D eigenvalue weighted by Crippen LogP contribution is 2.20. The lowest BCUT2D eigenvalue weighted by Crippen LogP contribution is -2.20. The standard InChI is InChI=1S/C11H12BrNO2S/c12-11-4-8(7-16-11)5-13-6-9(14)10-2-1-3-15-10/h1-4,7,9,13-14H,5-6H2. The fraction of sp³-hybridized carbons (Fsp3) is 0.273. The summed E-state index contributed by atoms with van der Waals surface area (Å²) in [6.45, 7) is 1.24. The smallest absolute Gasteiger partial charge is 0.133 e.